The van der Waals surface area contributed by atoms with Gasteiger partial charge in [-0.1, -0.05) is 19.6 Å². The molecule has 1 fully saturated rings. The number of pyridine rings is 1. The summed E-state index contributed by atoms with van der Waals surface area (Å²) >= 11 is 0. The maximum absolute atomic E-state index is 14.4. The Bertz CT molecular complexity index is 1120. The van der Waals surface area contributed by atoms with E-state index in [0.29, 0.717) is 17.6 Å². The lowest BCUT2D eigenvalue weighted by Gasteiger charge is -2.23. The molecule has 3 heterocycles. The quantitative estimate of drug-likeness (QED) is 0.452. The van der Waals surface area contributed by atoms with Gasteiger partial charge in [-0.25, -0.2) is 23.9 Å². The van der Waals surface area contributed by atoms with Gasteiger partial charge in [-0.2, -0.15) is 0 Å². The highest BCUT2D eigenvalue weighted by Crippen LogP contribution is 2.23. The van der Waals surface area contributed by atoms with Gasteiger partial charge in [-0.3, -0.25) is 9.69 Å². The lowest BCUT2D eigenvalue weighted by Crippen LogP contribution is -2.44. The van der Waals surface area contributed by atoms with E-state index in [1.165, 1.54) is 24.2 Å². The first-order valence-electron chi connectivity index (χ1n) is 11.5. The van der Waals surface area contributed by atoms with Crippen molar-refractivity contribution < 1.29 is 28.2 Å². The molecule has 2 aromatic rings. The summed E-state index contributed by atoms with van der Waals surface area (Å²) in [6, 6.07) is 2.39. The van der Waals surface area contributed by atoms with Crippen molar-refractivity contribution in [3.05, 3.63) is 24.1 Å². The minimum atomic E-state index is -1.25. The van der Waals surface area contributed by atoms with E-state index in [1.54, 1.807) is 31.4 Å². The average molecular weight is 508 g/mol. The zero-order valence-electron chi connectivity index (χ0n) is 21.3. The molecule has 1 aliphatic heterocycles. The van der Waals surface area contributed by atoms with Crippen molar-refractivity contribution in [2.24, 2.45) is 0 Å². The number of anilines is 1. The van der Waals surface area contributed by atoms with E-state index < -0.39 is 43.6 Å². The molecule has 1 N–H and O–H groups in total. The van der Waals surface area contributed by atoms with Gasteiger partial charge in [0.05, 0.1) is 11.9 Å². The lowest BCUT2D eigenvalue weighted by atomic mass is 10.2. The minimum Gasteiger partial charge on any atom is -0.443 e. The van der Waals surface area contributed by atoms with Gasteiger partial charge in [-0.05, 0) is 38.9 Å². The molecule has 1 saturated heterocycles. The Kier molecular flexibility index (Phi) is 7.55. The number of rotatable bonds is 7. The van der Waals surface area contributed by atoms with Crippen LogP contribution < -0.4 is 10.2 Å². The monoisotopic (exact) mass is 507 g/mol. The molecule has 0 saturated carbocycles. The number of amides is 4. The molecular formula is C23H34FN5O5Si. The Morgan fingerprint density at radius 1 is 1.29 bits per heavy atom. The molecule has 0 aromatic carbocycles. The second-order valence-corrected chi connectivity index (χ2v) is 16.4. The van der Waals surface area contributed by atoms with Crippen LogP contribution in [0.2, 0.25) is 25.7 Å². The van der Waals surface area contributed by atoms with Crippen LogP contribution >= 0.6 is 0 Å². The van der Waals surface area contributed by atoms with Crippen LogP contribution in [0.1, 0.15) is 20.8 Å². The summed E-state index contributed by atoms with van der Waals surface area (Å²) in [6.45, 7) is 12.4. The molecule has 0 radical (unpaired) electrons. The van der Waals surface area contributed by atoms with E-state index in [9.17, 15) is 18.8 Å². The molecule has 10 nitrogen and oxygen atoms in total. The number of imide groups is 1. The van der Waals surface area contributed by atoms with Crippen LogP contribution in [0, 0.1) is 5.82 Å². The van der Waals surface area contributed by atoms with Crippen molar-refractivity contribution in [3.8, 4) is 0 Å². The molecule has 0 unspecified atom stereocenters. The first-order valence-corrected chi connectivity index (χ1v) is 15.2. The molecule has 192 valence electrons. The number of aromatic nitrogens is 2. The van der Waals surface area contributed by atoms with Gasteiger partial charge in [0.25, 0.3) is 5.91 Å². The van der Waals surface area contributed by atoms with Crippen molar-refractivity contribution in [1.29, 1.82) is 0 Å². The number of hydrogen-bond donors (Lipinski definition) is 1. The summed E-state index contributed by atoms with van der Waals surface area (Å²) in [4.78, 5) is 44.2. The van der Waals surface area contributed by atoms with Gasteiger partial charge >= 0.3 is 12.1 Å². The Hall–Kier alpha value is -2.99. The zero-order valence-corrected chi connectivity index (χ0v) is 22.3. The van der Waals surface area contributed by atoms with E-state index >= 15 is 0 Å². The van der Waals surface area contributed by atoms with E-state index in [-0.39, 0.29) is 19.1 Å². The average Bonchev–Trinajstić information content (AvgIpc) is 3.28. The molecule has 1 atom stereocenters. The molecule has 0 spiro atoms. The normalized spacial score (nSPS) is 16.5. The topological polar surface area (TPSA) is 106 Å². The number of carbonyl (C=O) groups is 3. The minimum absolute atomic E-state index is 0.141. The molecule has 3 rings (SSSR count). The number of nitrogens with zero attached hydrogens (tertiary/aromatic N) is 4. The van der Waals surface area contributed by atoms with Gasteiger partial charge in [0.1, 0.15) is 35.7 Å². The van der Waals surface area contributed by atoms with Crippen molar-refractivity contribution in [2.75, 3.05) is 25.1 Å². The summed E-state index contributed by atoms with van der Waals surface area (Å²) < 4.78 is 27.0. The van der Waals surface area contributed by atoms with E-state index in [2.05, 4.69) is 29.9 Å². The number of hydrogen-bond acceptors (Lipinski definition) is 6. The number of carbonyl (C=O) groups excluding carboxylic acids is 3. The van der Waals surface area contributed by atoms with Crippen LogP contribution in [0.5, 0.6) is 0 Å². The Morgan fingerprint density at radius 3 is 2.60 bits per heavy atom. The van der Waals surface area contributed by atoms with Crippen LogP contribution in [0.25, 0.3) is 11.0 Å². The van der Waals surface area contributed by atoms with Gasteiger partial charge in [0, 0.05) is 27.9 Å². The number of likely N-dealkylation sites (N-methyl/N-ethyl adjacent to an activating group) is 1. The third-order valence-corrected chi connectivity index (χ3v) is 7.08. The van der Waals surface area contributed by atoms with E-state index in [1.807, 2.05) is 0 Å². The van der Waals surface area contributed by atoms with Crippen LogP contribution in [-0.2, 0) is 21.0 Å². The SMILES string of the molecule is CN(C(=O)[C@@H]1CN(C(=O)OC(C)(C)C)C(=O)N1)c1ccc2c(F)cn(COCC[Si](C)(C)C)c2n1. The standard InChI is InChI=1S/C23H34FN5O5Si/c1-23(2,3)34-22(32)29-13-17(25-21(29)31)20(30)27(4)18-9-8-15-16(24)12-28(19(15)26-18)14-33-10-11-35(5,6)7/h8-9,12,17H,10-11,13-14H2,1-7H3,(H,25,31)/t17-/m0/s1. The Labute approximate surface area is 205 Å². The first kappa shape index (κ1) is 26.6. The van der Waals surface area contributed by atoms with Crippen LogP contribution in [0.3, 0.4) is 0 Å². The predicted octanol–water partition coefficient (Wildman–Crippen LogP) is 3.78. The molecule has 2 aromatic heterocycles. The fourth-order valence-corrected chi connectivity index (χ4v) is 4.19. The van der Waals surface area contributed by atoms with Gasteiger partial charge < -0.3 is 19.4 Å². The first-order chi connectivity index (χ1) is 16.2. The highest BCUT2D eigenvalue weighted by molar-refractivity contribution is 6.76. The largest absolute Gasteiger partial charge is 0.443 e. The Balaban J connectivity index is 1.72. The van der Waals surface area contributed by atoms with E-state index in [0.717, 1.165) is 10.9 Å². The molecule has 0 bridgehead atoms. The van der Waals surface area contributed by atoms with Crippen LogP contribution in [-0.4, -0.2) is 72.4 Å². The molecular weight excluding hydrogens is 473 g/mol. The third kappa shape index (κ3) is 6.57. The van der Waals surface area contributed by atoms with Crippen LogP contribution in [0.4, 0.5) is 19.8 Å². The highest BCUT2D eigenvalue weighted by Gasteiger charge is 2.40. The van der Waals surface area contributed by atoms with E-state index in [4.69, 9.17) is 9.47 Å². The molecule has 0 aliphatic carbocycles. The van der Waals surface area contributed by atoms with Crippen LogP contribution in [0.15, 0.2) is 18.3 Å². The fraction of sp³-hybridized carbons (Fsp3) is 0.565. The molecule has 4 amide bonds. The maximum Gasteiger partial charge on any atom is 0.418 e. The molecule has 12 heteroatoms. The number of ether oxygens (including phenoxy) is 2. The summed E-state index contributed by atoms with van der Waals surface area (Å²) in [5, 5.41) is 2.82. The predicted molar refractivity (Wildman–Crippen MR) is 132 cm³/mol. The molecule has 1 aliphatic rings. The summed E-state index contributed by atoms with van der Waals surface area (Å²) in [5.41, 5.74) is -0.434. The van der Waals surface area contributed by atoms with Crippen molar-refractivity contribution in [2.45, 2.75) is 64.8 Å². The second kappa shape index (κ2) is 9.94. The van der Waals surface area contributed by atoms with Gasteiger partial charge in [0.2, 0.25) is 0 Å². The Morgan fingerprint density at radius 2 is 1.97 bits per heavy atom. The summed E-state index contributed by atoms with van der Waals surface area (Å²) in [5.74, 6) is -0.631. The lowest BCUT2D eigenvalue weighted by molar-refractivity contribution is -0.119. The number of nitrogens with one attached hydrogen (secondary N) is 1. The van der Waals surface area contributed by atoms with Crippen molar-refractivity contribution in [1.82, 2.24) is 19.8 Å². The third-order valence-electron chi connectivity index (χ3n) is 5.38. The molecule has 35 heavy (non-hydrogen) atoms. The number of fused-ring (bicyclic) bond motifs is 1. The second-order valence-electron chi connectivity index (χ2n) is 10.8. The number of urea groups is 1. The highest BCUT2D eigenvalue weighted by atomic mass is 28.3. The van der Waals surface area contributed by atoms with Crippen molar-refractivity contribution >= 4 is 43.0 Å². The van der Waals surface area contributed by atoms with Gasteiger partial charge in [0.15, 0.2) is 0 Å². The number of halogens is 1. The van der Waals surface area contributed by atoms with Crippen molar-refractivity contribution in [3.63, 3.8) is 0 Å². The summed E-state index contributed by atoms with van der Waals surface area (Å²) in [7, 11) is 0.254. The van der Waals surface area contributed by atoms with Gasteiger partial charge in [-0.15, -0.1) is 0 Å². The maximum atomic E-state index is 14.4. The smallest absolute Gasteiger partial charge is 0.418 e. The summed E-state index contributed by atoms with van der Waals surface area (Å²) in [6.07, 6.45) is 0.503. The zero-order chi connectivity index (χ0) is 26.1. The fourth-order valence-electron chi connectivity index (χ4n) is 3.44.